The number of hydrogen-bond donors (Lipinski definition) is 2. The second-order valence-corrected chi connectivity index (χ2v) is 16.3. The van der Waals surface area contributed by atoms with E-state index in [0.717, 1.165) is 6.20 Å². The van der Waals surface area contributed by atoms with E-state index in [9.17, 15) is 22.4 Å². The number of carbonyl (C=O) groups is 2. The first-order valence-corrected chi connectivity index (χ1v) is 18.1. The highest BCUT2D eigenvalue weighted by Crippen LogP contribution is 2.36. The zero-order valence-electron chi connectivity index (χ0n) is 27.9. The van der Waals surface area contributed by atoms with Crippen LogP contribution in [0.4, 0.5) is 19.3 Å². The molecule has 2 fully saturated rings. The van der Waals surface area contributed by atoms with Crippen molar-refractivity contribution in [1.29, 1.82) is 0 Å². The minimum Gasteiger partial charge on any atom is -0.444 e. The van der Waals surface area contributed by atoms with E-state index >= 15 is 4.39 Å². The molecule has 3 N–H and O–H groups in total. The average molecular weight is 718 g/mol. The zero-order valence-corrected chi connectivity index (χ0v) is 29.5. The van der Waals surface area contributed by atoms with Gasteiger partial charge >= 0.3 is 6.09 Å². The first-order valence-electron chi connectivity index (χ1n) is 16.2. The molecule has 4 atom stereocenters. The van der Waals surface area contributed by atoms with Gasteiger partial charge in [0.1, 0.15) is 17.2 Å². The predicted molar refractivity (Wildman–Crippen MR) is 184 cm³/mol. The van der Waals surface area contributed by atoms with Crippen molar-refractivity contribution in [3.63, 3.8) is 0 Å². The summed E-state index contributed by atoms with van der Waals surface area (Å²) in [6.07, 6.45) is 3.05. The molecule has 264 valence electrons. The number of aromatic nitrogens is 1. The third kappa shape index (κ3) is 8.75. The first-order chi connectivity index (χ1) is 23.0. The highest BCUT2D eigenvalue weighted by molar-refractivity contribution is 7.90. The van der Waals surface area contributed by atoms with Crippen molar-refractivity contribution in [3.05, 3.63) is 94.3 Å². The van der Waals surface area contributed by atoms with Crippen LogP contribution in [0.15, 0.2) is 60.9 Å². The van der Waals surface area contributed by atoms with Gasteiger partial charge in [0.15, 0.2) is 0 Å². The number of nitrogens with two attached hydrogens (primary N) is 1. The van der Waals surface area contributed by atoms with E-state index in [2.05, 4.69) is 10.3 Å². The van der Waals surface area contributed by atoms with Gasteiger partial charge in [0.05, 0.1) is 29.4 Å². The number of piperazine rings is 1. The van der Waals surface area contributed by atoms with Crippen LogP contribution in [0.3, 0.4) is 0 Å². The Morgan fingerprint density at radius 1 is 1.08 bits per heavy atom. The number of amides is 2. The Balaban J connectivity index is 1.39. The average Bonchev–Trinajstić information content (AvgIpc) is 3.87. The van der Waals surface area contributed by atoms with Crippen molar-refractivity contribution in [1.82, 2.24) is 14.2 Å². The minimum absolute atomic E-state index is 0.0138. The highest BCUT2D eigenvalue weighted by atomic mass is 35.5. The Morgan fingerprint density at radius 3 is 2.41 bits per heavy atom. The van der Waals surface area contributed by atoms with Gasteiger partial charge in [-0.25, -0.2) is 22.0 Å². The van der Waals surface area contributed by atoms with Gasteiger partial charge in [-0.05, 0) is 88.8 Å². The third-order valence-electron chi connectivity index (χ3n) is 8.69. The minimum atomic E-state index is -3.67. The molecule has 1 aliphatic heterocycles. The molecule has 1 aromatic heterocycles. The Hall–Kier alpha value is -3.65. The lowest BCUT2D eigenvalue weighted by Crippen LogP contribution is -2.61. The van der Waals surface area contributed by atoms with Gasteiger partial charge in [-0.2, -0.15) is 4.31 Å². The fourth-order valence-electron chi connectivity index (χ4n) is 6.34. The SMILES string of the molecule is C[C@H]1CN(C(=O)OC(C)(C)C)C[C@H](CCc2c(F)cncc2NC(=O)[C@@H](N)[C@@H](c2ccc(Cl)cc2)c2cccc(F)c2)N1S(=O)(=O)C1CC1. The molecular weight excluding hydrogens is 676 g/mol. The molecule has 0 radical (unpaired) electrons. The number of carbonyl (C=O) groups excluding carboxylic acids is 2. The van der Waals surface area contributed by atoms with Crippen LogP contribution in [0.1, 0.15) is 69.6 Å². The number of rotatable bonds is 10. The van der Waals surface area contributed by atoms with E-state index in [1.54, 1.807) is 58.0 Å². The van der Waals surface area contributed by atoms with Crippen LogP contribution >= 0.6 is 11.6 Å². The zero-order chi connectivity index (χ0) is 35.7. The van der Waals surface area contributed by atoms with E-state index in [-0.39, 0.29) is 37.2 Å². The fourth-order valence-corrected chi connectivity index (χ4v) is 8.70. The van der Waals surface area contributed by atoms with Crippen LogP contribution in [0.25, 0.3) is 0 Å². The van der Waals surface area contributed by atoms with Crippen molar-refractivity contribution in [2.75, 3.05) is 18.4 Å². The van der Waals surface area contributed by atoms with Crippen LogP contribution < -0.4 is 11.1 Å². The number of sulfonamides is 1. The lowest BCUT2D eigenvalue weighted by atomic mass is 9.85. The summed E-state index contributed by atoms with van der Waals surface area (Å²) in [5.41, 5.74) is 7.04. The molecule has 10 nitrogen and oxygen atoms in total. The first kappa shape index (κ1) is 36.6. The largest absolute Gasteiger partial charge is 0.444 e. The van der Waals surface area contributed by atoms with Crippen LogP contribution in [0, 0.1) is 11.6 Å². The molecule has 1 saturated heterocycles. The normalized spacial score (nSPS) is 20.0. The maximum Gasteiger partial charge on any atom is 0.410 e. The molecule has 0 spiro atoms. The molecule has 2 aliphatic rings. The molecular formula is C35H42ClF2N5O5S. The molecule has 49 heavy (non-hydrogen) atoms. The van der Waals surface area contributed by atoms with Crippen LogP contribution in [0.2, 0.25) is 5.02 Å². The molecule has 5 rings (SSSR count). The number of anilines is 1. The van der Waals surface area contributed by atoms with Gasteiger partial charge in [-0.15, -0.1) is 0 Å². The standard InChI is InChI=1S/C35H42ClF2N5O5S/c1-21-19-42(34(45)48-35(2,3)4)20-26(43(21)49(46,47)27-13-14-27)12-15-28-29(38)17-40-18-30(28)41-33(44)32(39)31(22-8-10-24(36)11-9-22)23-6-5-7-25(37)16-23/h5-11,16-18,21,26-27,31-32H,12-15,19-20,39H2,1-4H3,(H,41,44)/t21-,26-,31-,32-/m0/s1. The van der Waals surface area contributed by atoms with Gasteiger partial charge in [-0.1, -0.05) is 35.9 Å². The molecule has 1 aliphatic carbocycles. The predicted octanol–water partition coefficient (Wildman–Crippen LogP) is 5.85. The summed E-state index contributed by atoms with van der Waals surface area (Å²) in [4.78, 5) is 32.2. The molecule has 0 unspecified atom stereocenters. The molecule has 2 aromatic carbocycles. The summed E-state index contributed by atoms with van der Waals surface area (Å²) in [6.45, 7) is 7.22. The quantitative estimate of drug-likeness (QED) is 0.269. The highest BCUT2D eigenvalue weighted by Gasteiger charge is 2.48. The number of nitrogens with one attached hydrogen (secondary N) is 1. The van der Waals surface area contributed by atoms with Gasteiger partial charge in [0.2, 0.25) is 15.9 Å². The monoisotopic (exact) mass is 717 g/mol. The van der Waals surface area contributed by atoms with Crippen molar-refractivity contribution >= 4 is 39.3 Å². The third-order valence-corrected chi connectivity index (χ3v) is 11.5. The van der Waals surface area contributed by atoms with Gasteiger partial charge < -0.3 is 20.7 Å². The van der Waals surface area contributed by atoms with Crippen LogP contribution in [-0.4, -0.2) is 76.7 Å². The maximum atomic E-state index is 15.4. The summed E-state index contributed by atoms with van der Waals surface area (Å²) in [6, 6.07) is 10.0. The molecule has 1 saturated carbocycles. The van der Waals surface area contributed by atoms with Crippen molar-refractivity contribution < 1.29 is 31.5 Å². The number of hydrogen-bond acceptors (Lipinski definition) is 7. The Labute approximate surface area is 291 Å². The Bertz CT molecular complexity index is 1790. The number of ether oxygens (including phenoxy) is 1. The van der Waals surface area contributed by atoms with Crippen molar-refractivity contribution in [3.8, 4) is 0 Å². The van der Waals surface area contributed by atoms with Crippen molar-refractivity contribution in [2.24, 2.45) is 5.73 Å². The summed E-state index contributed by atoms with van der Waals surface area (Å²) in [5, 5.41) is 2.71. The number of halogens is 3. The Morgan fingerprint density at radius 2 is 1.78 bits per heavy atom. The van der Waals surface area contributed by atoms with E-state index in [0.29, 0.717) is 29.0 Å². The molecule has 2 heterocycles. The number of nitrogens with zero attached hydrogens (tertiary/aromatic N) is 3. The van der Waals surface area contributed by atoms with Crippen LogP contribution in [-0.2, 0) is 26.0 Å². The van der Waals surface area contributed by atoms with Gasteiger partial charge in [0, 0.05) is 41.7 Å². The van der Waals surface area contributed by atoms with E-state index in [1.165, 1.54) is 33.6 Å². The van der Waals surface area contributed by atoms with Gasteiger partial charge in [0.25, 0.3) is 0 Å². The van der Waals surface area contributed by atoms with Crippen LogP contribution in [0.5, 0.6) is 0 Å². The molecule has 0 bridgehead atoms. The van der Waals surface area contributed by atoms with E-state index in [4.69, 9.17) is 22.1 Å². The van der Waals surface area contributed by atoms with E-state index < -0.39 is 68.6 Å². The molecule has 3 aromatic rings. The van der Waals surface area contributed by atoms with Gasteiger partial charge in [-0.3, -0.25) is 9.78 Å². The lowest BCUT2D eigenvalue weighted by molar-refractivity contribution is -0.117. The summed E-state index contributed by atoms with van der Waals surface area (Å²) in [7, 11) is -3.67. The Kier molecular flexibility index (Phi) is 11.0. The second kappa shape index (κ2) is 14.7. The smallest absolute Gasteiger partial charge is 0.410 e. The summed E-state index contributed by atoms with van der Waals surface area (Å²) < 4.78 is 63.9. The second-order valence-electron chi connectivity index (χ2n) is 13.7. The summed E-state index contributed by atoms with van der Waals surface area (Å²) >= 11 is 6.09. The number of benzene rings is 2. The molecule has 14 heteroatoms. The van der Waals surface area contributed by atoms with E-state index in [1.807, 2.05) is 0 Å². The maximum absolute atomic E-state index is 15.4. The molecule has 2 amide bonds. The van der Waals surface area contributed by atoms with Crippen molar-refractivity contribution in [2.45, 2.75) is 88.3 Å². The summed E-state index contributed by atoms with van der Waals surface area (Å²) in [5.74, 6) is -2.64. The number of pyridine rings is 1. The fraction of sp³-hybridized carbons (Fsp3) is 0.457. The lowest BCUT2D eigenvalue weighted by Gasteiger charge is -2.45. The topological polar surface area (TPSA) is 135 Å².